The Morgan fingerprint density at radius 1 is 1.44 bits per heavy atom. The van der Waals surface area contributed by atoms with E-state index in [1.54, 1.807) is 18.4 Å². The number of hydrogen-bond donors (Lipinski definition) is 1. The maximum absolute atomic E-state index is 11.4. The first-order chi connectivity index (χ1) is 7.52. The van der Waals surface area contributed by atoms with Gasteiger partial charge in [0.1, 0.15) is 5.60 Å². The molecule has 1 aromatic rings. The van der Waals surface area contributed by atoms with Crippen LogP contribution in [0.4, 0.5) is 0 Å². The van der Waals surface area contributed by atoms with Crippen LogP contribution in [0.25, 0.3) is 0 Å². The predicted molar refractivity (Wildman–Crippen MR) is 67.0 cm³/mol. The van der Waals surface area contributed by atoms with E-state index in [1.165, 1.54) is 0 Å². The standard InChI is InChI=1S/C12H15ClO2S/c1-16(15)8-12(14,9-2-3-9)10-4-6-11(13)7-5-10/h4-7,9,14H,2-3,8H2,1H3. The molecule has 2 unspecified atom stereocenters. The van der Waals surface area contributed by atoms with Gasteiger partial charge in [0.25, 0.3) is 0 Å². The quantitative estimate of drug-likeness (QED) is 0.900. The maximum Gasteiger partial charge on any atom is 0.104 e. The highest BCUT2D eigenvalue weighted by Gasteiger charge is 2.45. The van der Waals surface area contributed by atoms with Gasteiger partial charge in [-0.25, -0.2) is 0 Å². The fourth-order valence-corrected chi connectivity index (χ4v) is 3.19. The number of rotatable bonds is 4. The third-order valence-electron chi connectivity index (χ3n) is 3.02. The zero-order valence-corrected chi connectivity index (χ0v) is 10.7. The molecule has 1 N–H and O–H groups in total. The van der Waals surface area contributed by atoms with Gasteiger partial charge in [-0.05, 0) is 36.5 Å². The van der Waals surface area contributed by atoms with Crippen LogP contribution in [0, 0.1) is 5.92 Å². The number of aliphatic hydroxyl groups is 1. The zero-order chi connectivity index (χ0) is 11.8. The Morgan fingerprint density at radius 3 is 2.44 bits per heavy atom. The molecule has 1 fully saturated rings. The normalized spacial score (nSPS) is 21.4. The summed E-state index contributed by atoms with van der Waals surface area (Å²) in [5.74, 6) is 0.553. The zero-order valence-electron chi connectivity index (χ0n) is 9.15. The van der Waals surface area contributed by atoms with E-state index < -0.39 is 16.4 Å². The highest BCUT2D eigenvalue weighted by atomic mass is 35.5. The molecule has 2 nitrogen and oxygen atoms in total. The largest absolute Gasteiger partial charge is 0.384 e. The molecule has 0 amide bonds. The smallest absolute Gasteiger partial charge is 0.104 e. The summed E-state index contributed by atoms with van der Waals surface area (Å²) in [6.45, 7) is 0. The van der Waals surface area contributed by atoms with Crippen LogP contribution in [0.15, 0.2) is 24.3 Å². The molecule has 0 spiro atoms. The van der Waals surface area contributed by atoms with Gasteiger partial charge in [-0.2, -0.15) is 0 Å². The van der Waals surface area contributed by atoms with Crippen molar-refractivity contribution in [3.63, 3.8) is 0 Å². The lowest BCUT2D eigenvalue weighted by Gasteiger charge is -2.27. The van der Waals surface area contributed by atoms with E-state index >= 15 is 0 Å². The maximum atomic E-state index is 11.4. The second-order valence-electron chi connectivity index (χ2n) is 4.42. The molecule has 0 heterocycles. The molecule has 0 saturated heterocycles. The first-order valence-electron chi connectivity index (χ1n) is 5.31. The molecule has 1 saturated carbocycles. The Kier molecular flexibility index (Phi) is 3.38. The van der Waals surface area contributed by atoms with Gasteiger partial charge in [-0.1, -0.05) is 23.7 Å². The number of hydrogen-bond acceptors (Lipinski definition) is 2. The van der Waals surface area contributed by atoms with E-state index in [2.05, 4.69) is 0 Å². The Labute approximate surface area is 103 Å². The van der Waals surface area contributed by atoms with Crippen LogP contribution in [-0.4, -0.2) is 21.3 Å². The van der Waals surface area contributed by atoms with Gasteiger partial charge in [0.05, 0.1) is 5.75 Å². The lowest BCUT2D eigenvalue weighted by atomic mass is 9.91. The Bertz CT molecular complexity index is 400. The summed E-state index contributed by atoms with van der Waals surface area (Å²) in [5, 5.41) is 11.3. The highest BCUT2D eigenvalue weighted by molar-refractivity contribution is 7.84. The molecule has 0 radical (unpaired) electrons. The Hall–Kier alpha value is -0.380. The minimum absolute atomic E-state index is 0.248. The van der Waals surface area contributed by atoms with Crippen molar-refractivity contribution >= 4 is 22.4 Å². The van der Waals surface area contributed by atoms with Gasteiger partial charge in [-0.15, -0.1) is 0 Å². The van der Waals surface area contributed by atoms with Crippen molar-refractivity contribution < 1.29 is 9.32 Å². The molecule has 1 aliphatic carbocycles. The summed E-state index contributed by atoms with van der Waals surface area (Å²) in [4.78, 5) is 0. The third kappa shape index (κ3) is 2.47. The first-order valence-corrected chi connectivity index (χ1v) is 7.41. The van der Waals surface area contributed by atoms with Gasteiger partial charge in [0, 0.05) is 22.1 Å². The molecular weight excluding hydrogens is 244 g/mol. The van der Waals surface area contributed by atoms with Gasteiger partial charge in [-0.3, -0.25) is 4.21 Å². The lowest BCUT2D eigenvalue weighted by Crippen LogP contribution is -2.34. The van der Waals surface area contributed by atoms with Crippen molar-refractivity contribution in [1.29, 1.82) is 0 Å². The third-order valence-corrected chi connectivity index (χ3v) is 4.12. The monoisotopic (exact) mass is 258 g/mol. The average Bonchev–Trinajstić information content (AvgIpc) is 3.00. The molecule has 88 valence electrons. The first kappa shape index (κ1) is 12.1. The molecule has 16 heavy (non-hydrogen) atoms. The van der Waals surface area contributed by atoms with Crippen molar-refractivity contribution in [3.05, 3.63) is 34.9 Å². The molecular formula is C12H15ClO2S. The van der Waals surface area contributed by atoms with E-state index in [1.807, 2.05) is 12.1 Å². The van der Waals surface area contributed by atoms with Crippen LogP contribution < -0.4 is 0 Å². The molecule has 0 aromatic heterocycles. The van der Waals surface area contributed by atoms with E-state index in [0.717, 1.165) is 18.4 Å². The van der Waals surface area contributed by atoms with Crippen LogP contribution in [-0.2, 0) is 16.4 Å². The van der Waals surface area contributed by atoms with E-state index in [4.69, 9.17) is 11.6 Å². The summed E-state index contributed by atoms with van der Waals surface area (Å²) >= 11 is 5.82. The average molecular weight is 259 g/mol. The molecule has 0 bridgehead atoms. The highest BCUT2D eigenvalue weighted by Crippen LogP contribution is 2.46. The molecule has 4 heteroatoms. The predicted octanol–water partition coefficient (Wildman–Crippen LogP) is 2.32. The van der Waals surface area contributed by atoms with Gasteiger partial charge in [0.15, 0.2) is 0 Å². The summed E-state index contributed by atoms with van der Waals surface area (Å²) in [6, 6.07) is 7.19. The molecule has 0 aliphatic heterocycles. The van der Waals surface area contributed by atoms with Crippen molar-refractivity contribution in [3.8, 4) is 0 Å². The number of halogens is 1. The second kappa shape index (κ2) is 4.47. The van der Waals surface area contributed by atoms with Crippen LogP contribution in [0.3, 0.4) is 0 Å². The van der Waals surface area contributed by atoms with Gasteiger partial charge >= 0.3 is 0 Å². The molecule has 1 aliphatic rings. The van der Waals surface area contributed by atoms with Crippen LogP contribution in [0.2, 0.25) is 5.02 Å². The number of benzene rings is 1. The fourth-order valence-electron chi connectivity index (χ4n) is 2.05. The van der Waals surface area contributed by atoms with Crippen molar-refractivity contribution in [2.24, 2.45) is 5.92 Å². The molecule has 2 atom stereocenters. The summed E-state index contributed by atoms with van der Waals surface area (Å²) < 4.78 is 11.4. The Balaban J connectivity index is 2.31. The minimum atomic E-state index is -1.00. The summed E-state index contributed by atoms with van der Waals surface area (Å²) in [5.41, 5.74) is -0.112. The Morgan fingerprint density at radius 2 is 2.00 bits per heavy atom. The van der Waals surface area contributed by atoms with E-state index in [0.29, 0.717) is 10.8 Å². The van der Waals surface area contributed by atoms with Gasteiger partial charge in [0.2, 0.25) is 0 Å². The molecule has 2 rings (SSSR count). The second-order valence-corrected chi connectivity index (χ2v) is 6.29. The lowest BCUT2D eigenvalue weighted by molar-refractivity contribution is 0.0375. The van der Waals surface area contributed by atoms with Crippen LogP contribution in [0.1, 0.15) is 18.4 Å². The van der Waals surface area contributed by atoms with E-state index in [9.17, 15) is 9.32 Å². The summed E-state index contributed by atoms with van der Waals surface area (Å²) in [6.07, 6.45) is 3.65. The van der Waals surface area contributed by atoms with Crippen molar-refractivity contribution in [1.82, 2.24) is 0 Å². The van der Waals surface area contributed by atoms with Crippen molar-refractivity contribution in [2.45, 2.75) is 18.4 Å². The van der Waals surface area contributed by atoms with Gasteiger partial charge < -0.3 is 5.11 Å². The van der Waals surface area contributed by atoms with Crippen molar-refractivity contribution in [2.75, 3.05) is 12.0 Å². The minimum Gasteiger partial charge on any atom is -0.384 e. The SMILES string of the molecule is CS(=O)CC(O)(c1ccc(Cl)cc1)C1CC1. The topological polar surface area (TPSA) is 37.3 Å². The van der Waals surface area contributed by atoms with Crippen LogP contribution in [0.5, 0.6) is 0 Å². The van der Waals surface area contributed by atoms with Crippen LogP contribution >= 0.6 is 11.6 Å². The molecule has 1 aromatic carbocycles. The summed E-state index contributed by atoms with van der Waals surface area (Å²) in [7, 11) is -1.00. The fraction of sp³-hybridized carbons (Fsp3) is 0.500. The van der Waals surface area contributed by atoms with E-state index in [-0.39, 0.29) is 5.92 Å².